The van der Waals surface area contributed by atoms with Gasteiger partial charge in [0.15, 0.2) is 5.82 Å². The van der Waals surface area contributed by atoms with Crippen LogP contribution >= 0.6 is 0 Å². The molecule has 1 unspecified atom stereocenters. The number of hydrogen-bond acceptors (Lipinski definition) is 5. The van der Waals surface area contributed by atoms with E-state index in [9.17, 15) is 4.79 Å². The molecular weight excluding hydrogens is 272 g/mol. The average Bonchev–Trinajstić information content (AvgIpc) is 3.21. The Morgan fingerprint density at radius 2 is 2.33 bits per heavy atom. The van der Waals surface area contributed by atoms with Gasteiger partial charge in [0.1, 0.15) is 0 Å². The fourth-order valence-corrected chi connectivity index (χ4v) is 2.48. The van der Waals surface area contributed by atoms with E-state index in [0.717, 1.165) is 25.3 Å². The zero-order valence-corrected chi connectivity index (χ0v) is 12.4. The minimum absolute atomic E-state index is 0.0756. The molecule has 8 nitrogen and oxygen atoms in total. The van der Waals surface area contributed by atoms with Crippen LogP contribution in [0.4, 0.5) is 4.79 Å². The first-order valence-electron chi connectivity index (χ1n) is 7.62. The van der Waals surface area contributed by atoms with E-state index in [1.807, 2.05) is 6.92 Å². The van der Waals surface area contributed by atoms with Gasteiger partial charge >= 0.3 is 6.03 Å². The lowest BCUT2D eigenvalue weighted by Gasteiger charge is -2.22. The molecule has 1 aliphatic carbocycles. The van der Waals surface area contributed by atoms with Crippen molar-refractivity contribution >= 4 is 6.03 Å². The van der Waals surface area contributed by atoms with E-state index in [4.69, 9.17) is 4.74 Å². The van der Waals surface area contributed by atoms with E-state index in [1.54, 1.807) is 9.58 Å². The lowest BCUT2D eigenvalue weighted by Crippen LogP contribution is -2.42. The Hall–Kier alpha value is -1.70. The molecule has 1 atom stereocenters. The molecule has 116 valence electrons. The van der Waals surface area contributed by atoms with Gasteiger partial charge in [-0.1, -0.05) is 0 Å². The summed E-state index contributed by atoms with van der Waals surface area (Å²) in [6, 6.07) is -0.0756. The molecule has 1 aromatic heterocycles. The van der Waals surface area contributed by atoms with Gasteiger partial charge in [-0.3, -0.25) is 0 Å². The number of urea groups is 1. The summed E-state index contributed by atoms with van der Waals surface area (Å²) in [7, 11) is 0. The van der Waals surface area contributed by atoms with Gasteiger partial charge in [-0.2, -0.15) is 0 Å². The highest BCUT2D eigenvalue weighted by Gasteiger charge is 2.24. The Bertz CT molecular complexity index is 487. The van der Waals surface area contributed by atoms with Crippen LogP contribution in [0.2, 0.25) is 0 Å². The summed E-state index contributed by atoms with van der Waals surface area (Å²) in [4.78, 5) is 14.0. The predicted molar refractivity (Wildman–Crippen MR) is 74.4 cm³/mol. The van der Waals surface area contributed by atoms with Crippen LogP contribution in [0.25, 0.3) is 0 Å². The lowest BCUT2D eigenvalue weighted by molar-refractivity contribution is 0.0710. The predicted octanol–water partition coefficient (Wildman–Crippen LogP) is 0.403. The van der Waals surface area contributed by atoms with E-state index in [2.05, 4.69) is 20.8 Å². The lowest BCUT2D eigenvalue weighted by atomic mass is 10.3. The zero-order chi connectivity index (χ0) is 14.7. The summed E-state index contributed by atoms with van der Waals surface area (Å²) in [5.41, 5.74) is 0. The van der Waals surface area contributed by atoms with Crippen molar-refractivity contribution in [2.45, 2.75) is 45.4 Å². The highest BCUT2D eigenvalue weighted by molar-refractivity contribution is 5.74. The van der Waals surface area contributed by atoms with Crippen LogP contribution in [0.5, 0.6) is 0 Å². The van der Waals surface area contributed by atoms with Gasteiger partial charge in [0, 0.05) is 26.2 Å². The van der Waals surface area contributed by atoms with Gasteiger partial charge in [-0.15, -0.1) is 5.10 Å². The minimum Gasteiger partial charge on any atom is -0.377 e. The second-order valence-corrected chi connectivity index (χ2v) is 5.86. The molecule has 8 heteroatoms. The van der Waals surface area contributed by atoms with Crippen LogP contribution in [-0.2, 0) is 17.8 Å². The number of nitrogens with one attached hydrogen (secondary N) is 1. The minimum atomic E-state index is -0.0756. The highest BCUT2D eigenvalue weighted by Crippen LogP contribution is 2.30. The van der Waals surface area contributed by atoms with Gasteiger partial charge in [0.25, 0.3) is 0 Å². The summed E-state index contributed by atoms with van der Waals surface area (Å²) in [5, 5.41) is 14.6. The quantitative estimate of drug-likeness (QED) is 0.869. The first kappa shape index (κ1) is 14.2. The van der Waals surface area contributed by atoms with Crippen LogP contribution in [0.15, 0.2) is 0 Å². The molecule has 1 aromatic rings. The van der Waals surface area contributed by atoms with Gasteiger partial charge in [0.2, 0.25) is 0 Å². The number of rotatable bonds is 4. The third-order valence-corrected chi connectivity index (χ3v) is 3.87. The molecule has 1 N–H and O–H groups in total. The topological polar surface area (TPSA) is 85.2 Å². The van der Waals surface area contributed by atoms with E-state index >= 15 is 0 Å². The summed E-state index contributed by atoms with van der Waals surface area (Å²) >= 11 is 0. The number of carbonyl (C=O) groups excluding carboxylic acids is 1. The third-order valence-electron chi connectivity index (χ3n) is 3.87. The Labute approximate surface area is 123 Å². The van der Waals surface area contributed by atoms with E-state index in [1.165, 1.54) is 12.8 Å². The Morgan fingerprint density at radius 1 is 1.48 bits per heavy atom. The Balaban J connectivity index is 1.51. The van der Waals surface area contributed by atoms with Crippen molar-refractivity contribution < 1.29 is 9.53 Å². The van der Waals surface area contributed by atoms with Crippen molar-refractivity contribution in [3.8, 4) is 0 Å². The smallest absolute Gasteiger partial charge is 0.317 e. The van der Waals surface area contributed by atoms with Crippen LogP contribution < -0.4 is 5.32 Å². The molecule has 2 heterocycles. The number of hydrogen-bond donors (Lipinski definition) is 1. The Kier molecular flexibility index (Phi) is 4.33. The molecule has 3 rings (SSSR count). The average molecular weight is 294 g/mol. The SMILES string of the molecule is CC1CN(C(=O)NCc2nnnn2CC2CC2)CCCO1. The second kappa shape index (κ2) is 6.38. The maximum Gasteiger partial charge on any atom is 0.317 e. The van der Waals surface area contributed by atoms with E-state index < -0.39 is 0 Å². The third kappa shape index (κ3) is 3.90. The zero-order valence-electron chi connectivity index (χ0n) is 12.4. The first-order chi connectivity index (χ1) is 10.2. The molecule has 0 bridgehead atoms. The van der Waals surface area contributed by atoms with Crippen molar-refractivity contribution in [3.05, 3.63) is 5.82 Å². The van der Waals surface area contributed by atoms with Crippen molar-refractivity contribution in [3.63, 3.8) is 0 Å². The molecule has 1 aliphatic heterocycles. The largest absolute Gasteiger partial charge is 0.377 e. The van der Waals surface area contributed by atoms with Gasteiger partial charge in [-0.25, -0.2) is 9.48 Å². The normalized spacial score (nSPS) is 22.9. The summed E-state index contributed by atoms with van der Waals surface area (Å²) in [6.45, 7) is 5.27. The number of nitrogens with zero attached hydrogens (tertiary/aromatic N) is 5. The van der Waals surface area contributed by atoms with Crippen molar-refractivity contribution in [1.29, 1.82) is 0 Å². The molecule has 1 saturated heterocycles. The molecule has 2 fully saturated rings. The molecule has 21 heavy (non-hydrogen) atoms. The molecule has 0 spiro atoms. The van der Waals surface area contributed by atoms with Gasteiger partial charge in [0.05, 0.1) is 12.6 Å². The number of amides is 2. The monoisotopic (exact) mass is 294 g/mol. The maximum absolute atomic E-state index is 12.2. The van der Waals surface area contributed by atoms with Crippen molar-refractivity contribution in [2.75, 3.05) is 19.7 Å². The summed E-state index contributed by atoms with van der Waals surface area (Å²) in [6.07, 6.45) is 3.45. The van der Waals surface area contributed by atoms with Crippen LogP contribution in [0.1, 0.15) is 32.0 Å². The Morgan fingerprint density at radius 3 is 3.14 bits per heavy atom. The van der Waals surface area contributed by atoms with E-state index in [-0.39, 0.29) is 12.1 Å². The number of tetrazole rings is 1. The van der Waals surface area contributed by atoms with Crippen LogP contribution in [0, 0.1) is 5.92 Å². The van der Waals surface area contributed by atoms with Crippen molar-refractivity contribution in [2.24, 2.45) is 5.92 Å². The molecule has 2 aliphatic rings. The molecule has 0 aromatic carbocycles. The standard InChI is InChI=1S/C13H22N6O2/c1-10-8-18(5-2-6-21-10)13(20)14-7-12-15-16-17-19(12)9-11-3-4-11/h10-11H,2-9H2,1H3,(H,14,20). The fraction of sp³-hybridized carbons (Fsp3) is 0.846. The number of carbonyl (C=O) groups is 1. The molecular formula is C13H22N6O2. The van der Waals surface area contributed by atoms with Crippen LogP contribution in [-0.4, -0.2) is 56.9 Å². The maximum atomic E-state index is 12.2. The fourth-order valence-electron chi connectivity index (χ4n) is 2.48. The second-order valence-electron chi connectivity index (χ2n) is 5.86. The number of aromatic nitrogens is 4. The summed E-state index contributed by atoms with van der Waals surface area (Å²) < 4.78 is 7.34. The van der Waals surface area contributed by atoms with Gasteiger partial charge in [-0.05, 0) is 42.5 Å². The number of ether oxygens (including phenoxy) is 1. The first-order valence-corrected chi connectivity index (χ1v) is 7.62. The van der Waals surface area contributed by atoms with Gasteiger partial charge < -0.3 is 15.0 Å². The molecule has 0 radical (unpaired) electrons. The van der Waals surface area contributed by atoms with Crippen LogP contribution in [0.3, 0.4) is 0 Å². The van der Waals surface area contributed by atoms with E-state index in [0.29, 0.717) is 25.6 Å². The molecule has 1 saturated carbocycles. The highest BCUT2D eigenvalue weighted by atomic mass is 16.5. The molecule has 2 amide bonds. The van der Waals surface area contributed by atoms with Crippen molar-refractivity contribution in [1.82, 2.24) is 30.4 Å². The summed E-state index contributed by atoms with van der Waals surface area (Å²) in [5.74, 6) is 1.42.